The fourth-order valence-corrected chi connectivity index (χ4v) is 26.2. The topological polar surface area (TPSA) is 0 Å². The van der Waals surface area contributed by atoms with E-state index >= 15 is 0 Å². The molecule has 0 bridgehead atoms. The molecule has 28 heavy (non-hydrogen) atoms. The van der Waals surface area contributed by atoms with Crippen LogP contribution in [0.25, 0.3) is 0 Å². The first kappa shape index (κ1) is 22.5. The molecule has 1 saturated carbocycles. The summed E-state index contributed by atoms with van der Waals surface area (Å²) in [4.78, 5) is 0. The maximum atomic E-state index is 2.57. The Hall–Kier alpha value is -0.157. The molecular weight excluding hydrogens is 416 g/mol. The average Bonchev–Trinajstić information content (AvgIpc) is 3.18. The van der Waals surface area contributed by atoms with Crippen molar-refractivity contribution in [2.75, 3.05) is 0 Å². The fourth-order valence-electron chi connectivity index (χ4n) is 6.98. The van der Waals surface area contributed by atoms with Crippen molar-refractivity contribution in [2.24, 2.45) is 11.3 Å². The van der Waals surface area contributed by atoms with Gasteiger partial charge in [-0.2, -0.15) is 0 Å². The number of hydrogen-bond donors (Lipinski definition) is 0. The summed E-state index contributed by atoms with van der Waals surface area (Å²) in [6, 6.07) is 0. The monoisotopic (exact) mass is 458 g/mol. The Kier molecular flexibility index (Phi) is 7.17. The Labute approximate surface area is 180 Å². The molecule has 3 rings (SSSR count). The van der Waals surface area contributed by atoms with Gasteiger partial charge < -0.3 is 0 Å². The van der Waals surface area contributed by atoms with Crippen molar-refractivity contribution in [2.45, 2.75) is 105 Å². The molecule has 0 amide bonds. The molecule has 156 valence electrons. The Morgan fingerprint density at radius 1 is 0.964 bits per heavy atom. The third-order valence-corrected chi connectivity index (χ3v) is 24.5. The van der Waals surface area contributed by atoms with Crippen LogP contribution in [0.4, 0.5) is 0 Å². The van der Waals surface area contributed by atoms with Gasteiger partial charge in [0.2, 0.25) is 0 Å². The number of allylic oxidation sites excluding steroid dienone is 8. The minimum atomic E-state index is -2.64. The van der Waals surface area contributed by atoms with E-state index in [-0.39, 0.29) is 0 Å². The molecule has 0 radical (unpaired) electrons. The normalized spacial score (nSPS) is 26.9. The van der Waals surface area contributed by atoms with Crippen molar-refractivity contribution in [3.63, 3.8) is 0 Å². The van der Waals surface area contributed by atoms with Crippen molar-refractivity contribution in [3.05, 3.63) is 43.8 Å². The Morgan fingerprint density at radius 3 is 2.14 bits per heavy atom. The van der Waals surface area contributed by atoms with Crippen molar-refractivity contribution in [3.8, 4) is 0 Å². The zero-order chi connectivity index (χ0) is 20.5. The van der Waals surface area contributed by atoms with Gasteiger partial charge in [0.15, 0.2) is 0 Å². The molecule has 0 spiro atoms. The predicted molar refractivity (Wildman–Crippen MR) is 123 cm³/mol. The van der Waals surface area contributed by atoms with E-state index in [1.54, 1.807) is 25.0 Å². The van der Waals surface area contributed by atoms with E-state index in [9.17, 15) is 0 Å². The summed E-state index contributed by atoms with van der Waals surface area (Å²) in [6.45, 7) is 17.3. The van der Waals surface area contributed by atoms with Crippen LogP contribution in [-0.2, 0) is 20.3 Å². The molecule has 2 unspecified atom stereocenters. The Bertz CT molecular complexity index is 705. The van der Waals surface area contributed by atoms with Gasteiger partial charge in [0.05, 0.1) is 0 Å². The number of hydrogen-bond acceptors (Lipinski definition) is 0. The van der Waals surface area contributed by atoms with Crippen molar-refractivity contribution >= 4 is 0 Å². The standard InChI is InChI=1S/C10H15.C9H11.2C4H9.Zr/c1-7-6-10(4,5)9(3)8(7)2;1-2-5-9-7-3-6-8(9)4-1;2*1-3-4-2;/h1-5H3;1-2,4,6,9H,3,5,7H2;2*1,3-4H2,2H3;. The zero-order valence-corrected chi connectivity index (χ0v) is 22.2. The second-order valence-corrected chi connectivity index (χ2v) is 21.5. The van der Waals surface area contributed by atoms with Gasteiger partial charge in [0.25, 0.3) is 0 Å². The van der Waals surface area contributed by atoms with E-state index in [1.807, 2.05) is 8.85 Å². The Morgan fingerprint density at radius 2 is 1.61 bits per heavy atom. The Balaban J connectivity index is 2.17. The summed E-state index contributed by atoms with van der Waals surface area (Å²) < 4.78 is 6.16. The van der Waals surface area contributed by atoms with Crippen LogP contribution in [0, 0.1) is 11.3 Å². The van der Waals surface area contributed by atoms with E-state index in [1.165, 1.54) is 44.9 Å². The van der Waals surface area contributed by atoms with Crippen LogP contribution < -0.4 is 0 Å². The molecule has 0 aliphatic heterocycles. The second kappa shape index (κ2) is 8.92. The molecule has 0 N–H and O–H groups in total. The number of fused-ring (bicyclic) bond motifs is 1. The van der Waals surface area contributed by atoms with Crippen LogP contribution in [-0.4, -0.2) is 0 Å². The minimum absolute atomic E-state index is 0.300. The van der Waals surface area contributed by atoms with E-state index in [2.05, 4.69) is 66.7 Å². The van der Waals surface area contributed by atoms with Gasteiger partial charge in [-0.1, -0.05) is 0 Å². The second-order valence-electron chi connectivity index (χ2n) is 10.4. The maximum absolute atomic E-state index is 2.64. The molecule has 0 aromatic carbocycles. The number of unbranched alkanes of at least 4 members (excludes halogenated alkanes) is 2. The first-order chi connectivity index (χ1) is 13.3. The molecule has 1 fully saturated rings. The van der Waals surface area contributed by atoms with Gasteiger partial charge in [-0.15, -0.1) is 0 Å². The first-order valence-corrected chi connectivity index (χ1v) is 18.2. The van der Waals surface area contributed by atoms with Gasteiger partial charge >= 0.3 is 181 Å². The van der Waals surface area contributed by atoms with Crippen molar-refractivity contribution < 1.29 is 20.3 Å². The molecule has 0 saturated heterocycles. The summed E-state index contributed by atoms with van der Waals surface area (Å²) in [6.07, 6.45) is 17.3. The van der Waals surface area contributed by atoms with E-state index in [0.717, 1.165) is 9.54 Å². The van der Waals surface area contributed by atoms with E-state index in [4.69, 9.17) is 0 Å². The molecule has 3 aliphatic carbocycles. The van der Waals surface area contributed by atoms with Gasteiger partial charge in [-0.05, 0) is 0 Å². The molecule has 0 heterocycles. The van der Waals surface area contributed by atoms with Crippen LogP contribution in [0.1, 0.15) is 93.4 Å². The SMILES string of the molecule is CCC[CH2][Zr]([CH2]CCC)([C]1=C(C)C(C)=C(C)C1(C)C)[CH]1CCC2CC=CC=C21. The van der Waals surface area contributed by atoms with Crippen LogP contribution in [0.2, 0.25) is 11.9 Å². The molecule has 0 aromatic heterocycles. The summed E-state index contributed by atoms with van der Waals surface area (Å²) in [5.74, 6) is 0.870. The molecule has 1 heteroatoms. The van der Waals surface area contributed by atoms with Gasteiger partial charge in [-0.3, -0.25) is 0 Å². The van der Waals surface area contributed by atoms with Crippen molar-refractivity contribution in [1.29, 1.82) is 0 Å². The third kappa shape index (κ3) is 3.68. The quantitative estimate of drug-likeness (QED) is 0.339. The molecule has 3 aliphatic rings. The van der Waals surface area contributed by atoms with Crippen molar-refractivity contribution in [1.82, 2.24) is 0 Å². The third-order valence-electron chi connectivity index (χ3n) is 8.70. The fraction of sp³-hybridized carbons (Fsp3) is 0.704. The molecule has 0 nitrogen and oxygen atoms in total. The summed E-state index contributed by atoms with van der Waals surface area (Å²) in [7, 11) is 0. The van der Waals surface area contributed by atoms with E-state index < -0.39 is 20.3 Å². The zero-order valence-electron chi connectivity index (χ0n) is 19.8. The van der Waals surface area contributed by atoms with Gasteiger partial charge in [0, 0.05) is 0 Å². The molecule has 2 atom stereocenters. The summed E-state index contributed by atoms with van der Waals surface area (Å²) in [5.41, 5.74) is 7.21. The van der Waals surface area contributed by atoms with Crippen LogP contribution in [0.5, 0.6) is 0 Å². The predicted octanol–water partition coefficient (Wildman–Crippen LogP) is 9.31. The van der Waals surface area contributed by atoms with Crippen LogP contribution in [0.3, 0.4) is 0 Å². The molecular formula is C27H44Zr. The average molecular weight is 460 g/mol. The summed E-state index contributed by atoms with van der Waals surface area (Å²) in [5, 5.41) is 0. The van der Waals surface area contributed by atoms with Crippen LogP contribution in [0.15, 0.2) is 43.8 Å². The van der Waals surface area contributed by atoms with Crippen LogP contribution >= 0.6 is 0 Å². The molecule has 0 aromatic rings. The van der Waals surface area contributed by atoms with Gasteiger partial charge in [0.1, 0.15) is 0 Å². The summed E-state index contributed by atoms with van der Waals surface area (Å²) >= 11 is -2.64. The van der Waals surface area contributed by atoms with Gasteiger partial charge in [-0.25, -0.2) is 0 Å². The first-order valence-electron chi connectivity index (χ1n) is 12.1. The van der Waals surface area contributed by atoms with E-state index in [0.29, 0.717) is 5.41 Å². The number of rotatable bonds is 8.